The van der Waals surface area contributed by atoms with Crippen LogP contribution in [0.25, 0.3) is 0 Å². The lowest BCUT2D eigenvalue weighted by molar-refractivity contribution is 0.624. The van der Waals surface area contributed by atoms with Crippen molar-refractivity contribution in [2.24, 2.45) is 4.99 Å². The van der Waals surface area contributed by atoms with Crippen molar-refractivity contribution < 1.29 is 4.39 Å². The molecule has 2 rings (SSSR count). The van der Waals surface area contributed by atoms with Gasteiger partial charge in [-0.2, -0.15) is 0 Å². The predicted octanol–water partition coefficient (Wildman–Crippen LogP) is 2.37. The van der Waals surface area contributed by atoms with E-state index in [4.69, 9.17) is 0 Å². The van der Waals surface area contributed by atoms with Crippen LogP contribution in [0.3, 0.4) is 0 Å². The van der Waals surface area contributed by atoms with E-state index in [0.29, 0.717) is 5.69 Å². The Kier molecular flexibility index (Phi) is 2.23. The van der Waals surface area contributed by atoms with Crippen LogP contribution in [0.2, 0.25) is 0 Å². The molecule has 1 heterocycles. The maximum Gasteiger partial charge on any atom is 0.147 e. The molecule has 3 heteroatoms. The quantitative estimate of drug-likeness (QED) is 0.667. The number of hydrogen-bond donors (Lipinski definition) is 0. The Hall–Kier alpha value is -1.38. The second-order valence-electron chi connectivity index (χ2n) is 3.72. The third-order valence-electron chi connectivity index (χ3n) is 2.33. The fourth-order valence-corrected chi connectivity index (χ4v) is 1.58. The topological polar surface area (TPSA) is 15.6 Å². The number of aryl methyl sites for hydroxylation is 1. The van der Waals surface area contributed by atoms with E-state index in [2.05, 4.69) is 4.99 Å². The highest BCUT2D eigenvalue weighted by Crippen LogP contribution is 2.21. The molecule has 0 spiro atoms. The Labute approximate surface area is 83.1 Å². The van der Waals surface area contributed by atoms with E-state index in [9.17, 15) is 4.39 Å². The van der Waals surface area contributed by atoms with Gasteiger partial charge < -0.3 is 4.90 Å². The monoisotopic (exact) mass is 192 g/mol. The summed E-state index contributed by atoms with van der Waals surface area (Å²) in [4.78, 5) is 6.04. The first-order valence-electron chi connectivity index (χ1n) is 4.73. The van der Waals surface area contributed by atoms with Gasteiger partial charge in [0.25, 0.3) is 0 Å². The van der Waals surface area contributed by atoms with Crippen LogP contribution in [-0.4, -0.2) is 18.9 Å². The van der Waals surface area contributed by atoms with Gasteiger partial charge >= 0.3 is 0 Å². The van der Waals surface area contributed by atoms with Gasteiger partial charge in [-0.1, -0.05) is 6.07 Å². The van der Waals surface area contributed by atoms with E-state index in [-0.39, 0.29) is 11.9 Å². The van der Waals surface area contributed by atoms with Gasteiger partial charge in [-0.15, -0.1) is 0 Å². The zero-order valence-electron chi connectivity index (χ0n) is 8.37. The molecule has 1 aliphatic rings. The summed E-state index contributed by atoms with van der Waals surface area (Å²) in [7, 11) is 0. The van der Waals surface area contributed by atoms with E-state index in [1.807, 2.05) is 24.8 Å². The molecule has 1 aromatic carbocycles. The molecular weight excluding hydrogens is 179 g/mol. The average molecular weight is 192 g/mol. The van der Waals surface area contributed by atoms with Crippen LogP contribution >= 0.6 is 0 Å². The van der Waals surface area contributed by atoms with Gasteiger partial charge in [-0.05, 0) is 31.5 Å². The Morgan fingerprint density at radius 3 is 2.86 bits per heavy atom. The first-order valence-corrected chi connectivity index (χ1v) is 4.73. The molecule has 0 N–H and O–H groups in total. The van der Waals surface area contributed by atoms with Gasteiger partial charge in [0.1, 0.15) is 5.82 Å². The summed E-state index contributed by atoms with van der Waals surface area (Å²) in [6.45, 7) is 4.66. The SMILES string of the molecule is Cc1ccc(N2C=NC(C)C2)c(F)c1. The molecule has 1 aliphatic heterocycles. The maximum absolute atomic E-state index is 13.5. The van der Waals surface area contributed by atoms with E-state index in [1.165, 1.54) is 0 Å². The average Bonchev–Trinajstić information content (AvgIpc) is 2.51. The minimum Gasteiger partial charge on any atom is -0.328 e. The van der Waals surface area contributed by atoms with E-state index in [0.717, 1.165) is 12.1 Å². The van der Waals surface area contributed by atoms with Crippen LogP contribution in [-0.2, 0) is 0 Å². The number of rotatable bonds is 1. The van der Waals surface area contributed by atoms with Crippen molar-refractivity contribution in [2.45, 2.75) is 19.9 Å². The van der Waals surface area contributed by atoms with Crippen molar-refractivity contribution in [3.8, 4) is 0 Å². The van der Waals surface area contributed by atoms with Crippen molar-refractivity contribution in [1.82, 2.24) is 0 Å². The molecule has 0 amide bonds. The van der Waals surface area contributed by atoms with Gasteiger partial charge in [-0.3, -0.25) is 4.99 Å². The van der Waals surface area contributed by atoms with Crippen LogP contribution in [0.4, 0.5) is 10.1 Å². The smallest absolute Gasteiger partial charge is 0.147 e. The lowest BCUT2D eigenvalue weighted by atomic mass is 10.2. The number of benzene rings is 1. The molecule has 74 valence electrons. The number of halogens is 1. The van der Waals surface area contributed by atoms with Gasteiger partial charge in [0.2, 0.25) is 0 Å². The van der Waals surface area contributed by atoms with E-state index >= 15 is 0 Å². The summed E-state index contributed by atoms with van der Waals surface area (Å²) in [5.41, 5.74) is 1.55. The van der Waals surface area contributed by atoms with Crippen molar-refractivity contribution in [3.63, 3.8) is 0 Å². The number of aliphatic imine (C=N–C) groups is 1. The largest absolute Gasteiger partial charge is 0.328 e. The minimum absolute atomic E-state index is 0.175. The zero-order valence-corrected chi connectivity index (χ0v) is 8.37. The van der Waals surface area contributed by atoms with Crippen LogP contribution in [0.5, 0.6) is 0 Å². The van der Waals surface area contributed by atoms with Crippen LogP contribution < -0.4 is 4.90 Å². The molecule has 0 aliphatic carbocycles. The Bertz CT molecular complexity index is 374. The first kappa shape index (κ1) is 9.19. The predicted molar refractivity (Wildman–Crippen MR) is 56.4 cm³/mol. The highest BCUT2D eigenvalue weighted by Gasteiger charge is 2.16. The number of anilines is 1. The Balaban J connectivity index is 2.29. The molecule has 14 heavy (non-hydrogen) atoms. The van der Waals surface area contributed by atoms with E-state index < -0.39 is 0 Å². The normalized spacial score (nSPS) is 20.5. The molecule has 2 nitrogen and oxygen atoms in total. The number of hydrogen-bond acceptors (Lipinski definition) is 2. The molecule has 0 bridgehead atoms. The van der Waals surface area contributed by atoms with Gasteiger partial charge in [0, 0.05) is 6.54 Å². The summed E-state index contributed by atoms with van der Waals surface area (Å²) < 4.78 is 13.5. The van der Waals surface area contributed by atoms with Crippen molar-refractivity contribution >= 4 is 12.0 Å². The molecule has 1 unspecified atom stereocenters. The van der Waals surface area contributed by atoms with Gasteiger partial charge in [0.05, 0.1) is 18.1 Å². The Morgan fingerprint density at radius 1 is 1.50 bits per heavy atom. The molecule has 0 saturated heterocycles. The molecule has 0 saturated carbocycles. The van der Waals surface area contributed by atoms with E-state index in [1.54, 1.807) is 18.5 Å². The van der Waals surface area contributed by atoms with Crippen molar-refractivity contribution in [3.05, 3.63) is 29.6 Å². The highest BCUT2D eigenvalue weighted by molar-refractivity contribution is 5.81. The van der Waals surface area contributed by atoms with Crippen LogP contribution in [0.15, 0.2) is 23.2 Å². The summed E-state index contributed by atoms with van der Waals surface area (Å²) >= 11 is 0. The lowest BCUT2D eigenvalue weighted by Crippen LogP contribution is -2.22. The Morgan fingerprint density at radius 2 is 2.29 bits per heavy atom. The fourth-order valence-electron chi connectivity index (χ4n) is 1.58. The molecule has 0 aromatic heterocycles. The fraction of sp³-hybridized carbons (Fsp3) is 0.364. The van der Waals surface area contributed by atoms with Crippen LogP contribution in [0.1, 0.15) is 12.5 Å². The molecule has 0 fully saturated rings. The zero-order chi connectivity index (χ0) is 10.1. The second-order valence-corrected chi connectivity index (χ2v) is 3.72. The molecule has 1 aromatic rings. The van der Waals surface area contributed by atoms with Crippen molar-refractivity contribution in [1.29, 1.82) is 0 Å². The standard InChI is InChI=1S/C11H13FN2/c1-8-3-4-11(10(12)5-8)14-6-9(2)13-7-14/h3-5,7,9H,6H2,1-2H3. The summed E-state index contributed by atoms with van der Waals surface area (Å²) in [5.74, 6) is -0.175. The second kappa shape index (κ2) is 3.40. The summed E-state index contributed by atoms with van der Waals surface area (Å²) in [6.07, 6.45) is 1.71. The molecular formula is C11H13FN2. The third kappa shape index (κ3) is 1.62. The summed E-state index contributed by atoms with van der Waals surface area (Å²) in [6, 6.07) is 5.52. The maximum atomic E-state index is 13.5. The van der Waals surface area contributed by atoms with Crippen LogP contribution in [0, 0.1) is 12.7 Å². The lowest BCUT2D eigenvalue weighted by Gasteiger charge is -2.16. The molecule has 0 radical (unpaired) electrons. The highest BCUT2D eigenvalue weighted by atomic mass is 19.1. The minimum atomic E-state index is -0.175. The first-order chi connectivity index (χ1) is 6.66. The van der Waals surface area contributed by atoms with Crippen molar-refractivity contribution in [2.75, 3.05) is 11.4 Å². The van der Waals surface area contributed by atoms with Gasteiger partial charge in [0.15, 0.2) is 0 Å². The third-order valence-corrected chi connectivity index (χ3v) is 2.33. The summed E-state index contributed by atoms with van der Waals surface area (Å²) in [5, 5.41) is 0. The molecule has 1 atom stereocenters. The van der Waals surface area contributed by atoms with Gasteiger partial charge in [-0.25, -0.2) is 4.39 Å². The number of nitrogens with zero attached hydrogens (tertiary/aromatic N) is 2.